The normalized spacial score (nSPS) is 10.8. The lowest BCUT2D eigenvalue weighted by Gasteiger charge is -2.06. The zero-order valence-electron chi connectivity index (χ0n) is 14.6. The van der Waals surface area contributed by atoms with Crippen molar-refractivity contribution in [1.82, 2.24) is 25.1 Å². The third-order valence-electron chi connectivity index (χ3n) is 3.88. The molecule has 3 aromatic rings. The summed E-state index contributed by atoms with van der Waals surface area (Å²) in [6.07, 6.45) is 2.74. The van der Waals surface area contributed by atoms with Gasteiger partial charge in [0, 0.05) is 30.1 Å². The van der Waals surface area contributed by atoms with E-state index in [9.17, 15) is 4.79 Å². The van der Waals surface area contributed by atoms with E-state index >= 15 is 0 Å². The maximum absolute atomic E-state index is 12.2. The SMILES string of the molecule is CCCCNc1ccc2nnc(CCNC(=O)c3cccc(Cl)c3)n2n1. The van der Waals surface area contributed by atoms with E-state index in [1.165, 1.54) is 0 Å². The minimum atomic E-state index is -0.170. The molecule has 0 spiro atoms. The van der Waals surface area contributed by atoms with Crippen LogP contribution in [-0.4, -0.2) is 38.8 Å². The largest absolute Gasteiger partial charge is 0.369 e. The number of rotatable bonds is 8. The van der Waals surface area contributed by atoms with E-state index in [0.717, 1.165) is 25.2 Å². The fourth-order valence-electron chi connectivity index (χ4n) is 2.50. The molecule has 2 aromatic heterocycles. The molecule has 0 unspecified atom stereocenters. The van der Waals surface area contributed by atoms with Crippen molar-refractivity contribution in [2.45, 2.75) is 26.2 Å². The smallest absolute Gasteiger partial charge is 0.251 e. The lowest BCUT2D eigenvalue weighted by atomic mass is 10.2. The number of anilines is 1. The Morgan fingerprint density at radius 2 is 2.08 bits per heavy atom. The second kappa shape index (κ2) is 8.62. The minimum absolute atomic E-state index is 0.170. The molecule has 0 radical (unpaired) electrons. The van der Waals surface area contributed by atoms with Gasteiger partial charge >= 0.3 is 0 Å². The minimum Gasteiger partial charge on any atom is -0.369 e. The van der Waals surface area contributed by atoms with E-state index in [2.05, 4.69) is 32.9 Å². The quantitative estimate of drug-likeness (QED) is 0.594. The number of hydrogen-bond donors (Lipinski definition) is 2. The zero-order valence-corrected chi connectivity index (χ0v) is 15.3. The lowest BCUT2D eigenvalue weighted by Crippen LogP contribution is -2.26. The summed E-state index contributed by atoms with van der Waals surface area (Å²) in [5.41, 5.74) is 1.21. The topological polar surface area (TPSA) is 84.2 Å². The third kappa shape index (κ3) is 4.49. The molecule has 0 saturated heterocycles. The number of carbonyl (C=O) groups excluding carboxylic acids is 1. The second-order valence-electron chi connectivity index (χ2n) is 5.90. The van der Waals surface area contributed by atoms with Gasteiger partial charge in [0.1, 0.15) is 5.82 Å². The van der Waals surface area contributed by atoms with Gasteiger partial charge < -0.3 is 10.6 Å². The Kier molecular flexibility index (Phi) is 6.01. The molecule has 136 valence electrons. The Labute approximate surface area is 156 Å². The van der Waals surface area contributed by atoms with Gasteiger partial charge in [0.25, 0.3) is 5.91 Å². The van der Waals surface area contributed by atoms with Crippen LogP contribution in [0.3, 0.4) is 0 Å². The molecule has 0 aliphatic heterocycles. The zero-order chi connectivity index (χ0) is 18.4. The number of halogens is 1. The fraction of sp³-hybridized carbons (Fsp3) is 0.333. The van der Waals surface area contributed by atoms with Gasteiger partial charge in [-0.15, -0.1) is 15.3 Å². The van der Waals surface area contributed by atoms with E-state index < -0.39 is 0 Å². The average Bonchev–Trinajstić information content (AvgIpc) is 3.04. The molecular weight excluding hydrogens is 352 g/mol. The van der Waals surface area contributed by atoms with Gasteiger partial charge in [0.2, 0.25) is 0 Å². The number of fused-ring (bicyclic) bond motifs is 1. The van der Waals surface area contributed by atoms with Gasteiger partial charge in [0.15, 0.2) is 11.5 Å². The van der Waals surface area contributed by atoms with Crippen molar-refractivity contribution in [1.29, 1.82) is 0 Å². The highest BCUT2D eigenvalue weighted by Gasteiger charge is 2.10. The number of hydrogen-bond acceptors (Lipinski definition) is 5. The van der Waals surface area contributed by atoms with Gasteiger partial charge in [-0.25, -0.2) is 0 Å². The molecule has 26 heavy (non-hydrogen) atoms. The molecule has 0 aliphatic rings. The second-order valence-corrected chi connectivity index (χ2v) is 6.34. The van der Waals surface area contributed by atoms with Gasteiger partial charge in [-0.3, -0.25) is 4.79 Å². The van der Waals surface area contributed by atoms with Crippen LogP contribution in [0.1, 0.15) is 35.9 Å². The molecule has 0 atom stereocenters. The molecule has 0 bridgehead atoms. The van der Waals surface area contributed by atoms with E-state index in [4.69, 9.17) is 11.6 Å². The highest BCUT2D eigenvalue weighted by Crippen LogP contribution is 2.11. The van der Waals surface area contributed by atoms with Crippen molar-refractivity contribution < 1.29 is 4.79 Å². The fourth-order valence-corrected chi connectivity index (χ4v) is 2.69. The summed E-state index contributed by atoms with van der Waals surface area (Å²) >= 11 is 5.91. The standard InChI is InChI=1S/C18H21ClN6O/c1-2-3-10-20-15-7-8-16-22-23-17(25(16)24-15)9-11-21-18(26)13-5-4-6-14(19)12-13/h4-8,12H,2-3,9-11H2,1H3,(H,20,24)(H,21,26). The summed E-state index contributed by atoms with van der Waals surface area (Å²) < 4.78 is 1.71. The van der Waals surface area contributed by atoms with Crippen LogP contribution in [0.2, 0.25) is 5.02 Å². The van der Waals surface area contributed by atoms with E-state index in [1.807, 2.05) is 12.1 Å². The molecule has 1 amide bonds. The number of amides is 1. The summed E-state index contributed by atoms with van der Waals surface area (Å²) in [5.74, 6) is 1.32. The first-order valence-electron chi connectivity index (χ1n) is 8.66. The van der Waals surface area contributed by atoms with Crippen LogP contribution in [0.5, 0.6) is 0 Å². The molecule has 7 nitrogen and oxygen atoms in total. The first-order chi connectivity index (χ1) is 12.7. The highest BCUT2D eigenvalue weighted by molar-refractivity contribution is 6.30. The maximum Gasteiger partial charge on any atom is 0.251 e. The van der Waals surface area contributed by atoms with Crippen molar-refractivity contribution >= 4 is 29.0 Å². The first-order valence-corrected chi connectivity index (χ1v) is 9.04. The first kappa shape index (κ1) is 18.1. The van der Waals surface area contributed by atoms with Crippen LogP contribution < -0.4 is 10.6 Å². The Hall–Kier alpha value is -2.67. The molecule has 3 rings (SSSR count). The molecule has 1 aromatic carbocycles. The van der Waals surface area contributed by atoms with Crippen LogP contribution in [0.25, 0.3) is 5.65 Å². The maximum atomic E-state index is 12.2. The van der Waals surface area contributed by atoms with Crippen LogP contribution in [0, 0.1) is 0 Å². The monoisotopic (exact) mass is 372 g/mol. The van der Waals surface area contributed by atoms with Gasteiger partial charge in [-0.2, -0.15) is 4.52 Å². The molecule has 2 N–H and O–H groups in total. The molecule has 8 heteroatoms. The Morgan fingerprint density at radius 3 is 2.88 bits per heavy atom. The Balaban J connectivity index is 1.61. The highest BCUT2D eigenvalue weighted by atomic mass is 35.5. The Morgan fingerprint density at radius 1 is 1.19 bits per heavy atom. The van der Waals surface area contributed by atoms with Crippen LogP contribution in [-0.2, 0) is 6.42 Å². The van der Waals surface area contributed by atoms with Crippen molar-refractivity contribution in [2.24, 2.45) is 0 Å². The summed E-state index contributed by atoms with van der Waals surface area (Å²) in [6.45, 7) is 3.46. The van der Waals surface area contributed by atoms with Crippen LogP contribution in [0.4, 0.5) is 5.82 Å². The molecular formula is C18H21ClN6O. The summed E-state index contributed by atoms with van der Waals surface area (Å²) in [6, 6.07) is 10.6. The van der Waals surface area contributed by atoms with E-state index in [1.54, 1.807) is 28.8 Å². The molecule has 2 heterocycles. The number of unbranched alkanes of at least 4 members (excludes halogenated alkanes) is 1. The summed E-state index contributed by atoms with van der Waals surface area (Å²) in [4.78, 5) is 12.2. The number of nitrogens with zero attached hydrogens (tertiary/aromatic N) is 4. The number of benzene rings is 1. The molecule has 0 aliphatic carbocycles. The predicted molar refractivity (Wildman–Crippen MR) is 102 cm³/mol. The van der Waals surface area contributed by atoms with Crippen molar-refractivity contribution in [3.8, 4) is 0 Å². The number of aromatic nitrogens is 4. The number of nitrogens with one attached hydrogen (secondary N) is 2. The number of carbonyl (C=O) groups is 1. The van der Waals surface area contributed by atoms with E-state index in [0.29, 0.717) is 35.0 Å². The van der Waals surface area contributed by atoms with Gasteiger partial charge in [0.05, 0.1) is 0 Å². The van der Waals surface area contributed by atoms with Crippen molar-refractivity contribution in [2.75, 3.05) is 18.4 Å². The van der Waals surface area contributed by atoms with Gasteiger partial charge in [-0.05, 0) is 36.8 Å². The summed E-state index contributed by atoms with van der Waals surface area (Å²) in [7, 11) is 0. The van der Waals surface area contributed by atoms with Crippen LogP contribution >= 0.6 is 11.6 Å². The van der Waals surface area contributed by atoms with Crippen molar-refractivity contribution in [3.63, 3.8) is 0 Å². The van der Waals surface area contributed by atoms with Gasteiger partial charge in [-0.1, -0.05) is 31.0 Å². The third-order valence-corrected chi connectivity index (χ3v) is 4.12. The lowest BCUT2D eigenvalue weighted by molar-refractivity contribution is 0.0954. The Bertz CT molecular complexity index is 894. The van der Waals surface area contributed by atoms with Crippen LogP contribution in [0.15, 0.2) is 36.4 Å². The summed E-state index contributed by atoms with van der Waals surface area (Å²) in [5, 5.41) is 19.5. The van der Waals surface area contributed by atoms with Crippen molar-refractivity contribution in [3.05, 3.63) is 52.8 Å². The molecule has 0 saturated carbocycles. The molecule has 0 fully saturated rings. The van der Waals surface area contributed by atoms with E-state index in [-0.39, 0.29) is 5.91 Å². The average molecular weight is 373 g/mol. The predicted octanol–water partition coefficient (Wildman–Crippen LogP) is 2.96.